The average molecular weight is 163 g/mol. The lowest BCUT2D eigenvalue weighted by molar-refractivity contribution is 0.392. The minimum Gasteiger partial charge on any atom is -0.482 e. The predicted molar refractivity (Wildman–Crippen MR) is 46.2 cm³/mol. The molecule has 4 nitrogen and oxygen atoms in total. The molecule has 0 aliphatic rings. The molecule has 2 heterocycles. The van der Waals surface area contributed by atoms with Gasteiger partial charge in [-0.3, -0.25) is 4.40 Å². The van der Waals surface area contributed by atoms with Crippen LogP contribution in [0.3, 0.4) is 0 Å². The third-order valence-corrected chi connectivity index (χ3v) is 1.68. The van der Waals surface area contributed by atoms with Crippen molar-refractivity contribution in [3.05, 3.63) is 24.4 Å². The Morgan fingerprint density at radius 2 is 2.33 bits per heavy atom. The maximum absolute atomic E-state index is 5.53. The van der Waals surface area contributed by atoms with Crippen molar-refractivity contribution in [2.24, 2.45) is 0 Å². The Morgan fingerprint density at radius 3 is 3.08 bits per heavy atom. The Labute approximate surface area is 69.6 Å². The van der Waals surface area contributed by atoms with Crippen LogP contribution in [0.25, 0.3) is 5.65 Å². The number of fused-ring (bicyclic) bond motifs is 1. The highest BCUT2D eigenvalue weighted by atomic mass is 16.5. The second-order valence-electron chi connectivity index (χ2n) is 2.46. The van der Waals surface area contributed by atoms with E-state index in [9.17, 15) is 0 Å². The molecule has 0 fully saturated rings. The van der Waals surface area contributed by atoms with Crippen LogP contribution in [-0.2, 0) is 0 Å². The summed E-state index contributed by atoms with van der Waals surface area (Å²) in [5.74, 6) is 1.23. The van der Waals surface area contributed by atoms with E-state index in [1.54, 1.807) is 17.7 Å². The van der Waals surface area contributed by atoms with Crippen molar-refractivity contribution >= 4 is 11.5 Å². The molecule has 0 bridgehead atoms. The minimum atomic E-state index is 0.500. The lowest BCUT2D eigenvalue weighted by atomic mass is 10.4. The standard InChI is InChI=1S/C8H9N3O/c1-12-8-4-2-3-7-10-6(9)5-11(7)8/h2-5H,9H2,1H3. The smallest absolute Gasteiger partial charge is 0.199 e. The number of hydrogen-bond donors (Lipinski definition) is 1. The SMILES string of the molecule is COc1cccc2nc(N)cn12. The summed E-state index contributed by atoms with van der Waals surface area (Å²) in [7, 11) is 1.62. The van der Waals surface area contributed by atoms with Crippen LogP contribution in [0.4, 0.5) is 5.82 Å². The molecule has 2 aromatic rings. The van der Waals surface area contributed by atoms with Crippen molar-refractivity contribution in [2.45, 2.75) is 0 Å². The molecule has 0 aliphatic carbocycles. The van der Waals surface area contributed by atoms with E-state index >= 15 is 0 Å². The van der Waals surface area contributed by atoms with Crippen LogP contribution in [0.15, 0.2) is 24.4 Å². The molecule has 0 radical (unpaired) electrons. The molecular weight excluding hydrogens is 154 g/mol. The third kappa shape index (κ3) is 0.887. The van der Waals surface area contributed by atoms with Crippen LogP contribution < -0.4 is 10.5 Å². The zero-order chi connectivity index (χ0) is 8.55. The largest absolute Gasteiger partial charge is 0.482 e. The highest BCUT2D eigenvalue weighted by Crippen LogP contribution is 2.15. The number of pyridine rings is 1. The molecule has 0 aliphatic heterocycles. The van der Waals surface area contributed by atoms with Gasteiger partial charge in [0.2, 0.25) is 0 Å². The van der Waals surface area contributed by atoms with E-state index in [-0.39, 0.29) is 0 Å². The van der Waals surface area contributed by atoms with Crippen molar-refractivity contribution in [1.29, 1.82) is 0 Å². The van der Waals surface area contributed by atoms with Gasteiger partial charge in [-0.2, -0.15) is 0 Å². The van der Waals surface area contributed by atoms with E-state index in [0.717, 1.165) is 11.5 Å². The van der Waals surface area contributed by atoms with Gasteiger partial charge in [0, 0.05) is 0 Å². The number of methoxy groups -OCH3 is 1. The summed E-state index contributed by atoms with van der Waals surface area (Å²) in [5.41, 5.74) is 6.32. The first kappa shape index (κ1) is 6.97. The van der Waals surface area contributed by atoms with Gasteiger partial charge < -0.3 is 10.5 Å². The number of aromatic nitrogens is 2. The molecule has 2 rings (SSSR count). The van der Waals surface area contributed by atoms with Crippen molar-refractivity contribution in [3.8, 4) is 5.88 Å². The fourth-order valence-electron chi connectivity index (χ4n) is 1.17. The predicted octanol–water partition coefficient (Wildman–Crippen LogP) is 0.925. The lowest BCUT2D eigenvalue weighted by Crippen LogP contribution is -1.91. The van der Waals surface area contributed by atoms with Gasteiger partial charge >= 0.3 is 0 Å². The van der Waals surface area contributed by atoms with Gasteiger partial charge in [-0.15, -0.1) is 0 Å². The molecule has 12 heavy (non-hydrogen) atoms. The fraction of sp³-hybridized carbons (Fsp3) is 0.125. The van der Waals surface area contributed by atoms with Gasteiger partial charge in [-0.1, -0.05) is 6.07 Å². The van der Waals surface area contributed by atoms with Gasteiger partial charge in [0.05, 0.1) is 13.3 Å². The highest BCUT2D eigenvalue weighted by Gasteiger charge is 2.01. The van der Waals surface area contributed by atoms with Crippen LogP contribution in [0.1, 0.15) is 0 Å². The molecule has 0 atom stereocenters. The number of nitrogens with zero attached hydrogens (tertiary/aromatic N) is 2. The minimum absolute atomic E-state index is 0.500. The average Bonchev–Trinajstić information content (AvgIpc) is 2.44. The molecule has 4 heteroatoms. The topological polar surface area (TPSA) is 52.5 Å². The van der Waals surface area contributed by atoms with Crippen LogP contribution in [-0.4, -0.2) is 16.5 Å². The Balaban J connectivity index is 2.78. The van der Waals surface area contributed by atoms with E-state index in [1.165, 1.54) is 0 Å². The monoisotopic (exact) mass is 163 g/mol. The van der Waals surface area contributed by atoms with Crippen molar-refractivity contribution in [1.82, 2.24) is 9.38 Å². The summed E-state index contributed by atoms with van der Waals surface area (Å²) in [6.45, 7) is 0. The molecule has 62 valence electrons. The number of ether oxygens (including phenoxy) is 1. The number of imidazole rings is 1. The van der Waals surface area contributed by atoms with Crippen molar-refractivity contribution in [2.75, 3.05) is 12.8 Å². The molecule has 2 N–H and O–H groups in total. The Hall–Kier alpha value is -1.71. The molecule has 0 saturated carbocycles. The Morgan fingerprint density at radius 1 is 1.50 bits per heavy atom. The molecular formula is C8H9N3O. The van der Waals surface area contributed by atoms with E-state index < -0.39 is 0 Å². The normalized spacial score (nSPS) is 10.4. The number of nitrogens with two attached hydrogens (primary N) is 1. The molecule has 0 aromatic carbocycles. The van der Waals surface area contributed by atoms with Gasteiger partial charge in [0.25, 0.3) is 0 Å². The fourth-order valence-corrected chi connectivity index (χ4v) is 1.17. The van der Waals surface area contributed by atoms with Crippen LogP contribution in [0, 0.1) is 0 Å². The Bertz CT molecular complexity index is 408. The Kier molecular flexibility index (Phi) is 1.40. The van der Waals surface area contributed by atoms with E-state index in [4.69, 9.17) is 10.5 Å². The van der Waals surface area contributed by atoms with Gasteiger partial charge in [0.1, 0.15) is 11.5 Å². The lowest BCUT2D eigenvalue weighted by Gasteiger charge is -2.01. The first-order valence-corrected chi connectivity index (χ1v) is 3.59. The number of rotatable bonds is 1. The third-order valence-electron chi connectivity index (χ3n) is 1.68. The number of nitrogen functional groups attached to an aromatic ring is 1. The summed E-state index contributed by atoms with van der Waals surface area (Å²) in [5, 5.41) is 0. The molecule has 2 aromatic heterocycles. The summed E-state index contributed by atoms with van der Waals surface area (Å²) in [6, 6.07) is 5.60. The first-order chi connectivity index (χ1) is 5.81. The van der Waals surface area contributed by atoms with E-state index in [2.05, 4.69) is 4.98 Å². The zero-order valence-corrected chi connectivity index (χ0v) is 6.69. The van der Waals surface area contributed by atoms with Crippen LogP contribution in [0.2, 0.25) is 0 Å². The van der Waals surface area contributed by atoms with Crippen LogP contribution in [0.5, 0.6) is 5.88 Å². The summed E-state index contributed by atoms with van der Waals surface area (Å²) in [6.07, 6.45) is 1.73. The number of anilines is 1. The van der Waals surface area contributed by atoms with Gasteiger partial charge in [-0.25, -0.2) is 4.98 Å². The van der Waals surface area contributed by atoms with Crippen molar-refractivity contribution < 1.29 is 4.74 Å². The summed E-state index contributed by atoms with van der Waals surface area (Å²) >= 11 is 0. The molecule has 0 unspecified atom stereocenters. The second-order valence-corrected chi connectivity index (χ2v) is 2.46. The molecule has 0 saturated heterocycles. The van der Waals surface area contributed by atoms with Gasteiger partial charge in [0.15, 0.2) is 5.88 Å². The summed E-state index contributed by atoms with van der Waals surface area (Å²) < 4.78 is 6.91. The van der Waals surface area contributed by atoms with E-state index in [0.29, 0.717) is 5.82 Å². The highest BCUT2D eigenvalue weighted by molar-refractivity contribution is 5.49. The second kappa shape index (κ2) is 2.41. The quantitative estimate of drug-likeness (QED) is 0.680. The molecule has 0 amide bonds. The van der Waals surface area contributed by atoms with Crippen LogP contribution >= 0.6 is 0 Å². The maximum Gasteiger partial charge on any atom is 0.199 e. The maximum atomic E-state index is 5.53. The summed E-state index contributed by atoms with van der Waals surface area (Å²) in [4.78, 5) is 4.08. The first-order valence-electron chi connectivity index (χ1n) is 3.59. The van der Waals surface area contributed by atoms with E-state index in [1.807, 2.05) is 18.2 Å². The van der Waals surface area contributed by atoms with Gasteiger partial charge in [-0.05, 0) is 12.1 Å². The zero-order valence-electron chi connectivity index (χ0n) is 6.69. The molecule has 0 spiro atoms. The van der Waals surface area contributed by atoms with Crippen molar-refractivity contribution in [3.63, 3.8) is 0 Å². The number of hydrogen-bond acceptors (Lipinski definition) is 3.